The third-order valence-corrected chi connectivity index (χ3v) is 4.21. The highest BCUT2D eigenvalue weighted by Crippen LogP contribution is 2.36. The number of aliphatic hydroxyl groups excluding tert-OH is 1. The number of nitrogens with zero attached hydrogens (tertiary/aromatic N) is 1. The summed E-state index contributed by atoms with van der Waals surface area (Å²) in [6.07, 6.45) is -0.935. The highest BCUT2D eigenvalue weighted by molar-refractivity contribution is 5.68. The van der Waals surface area contributed by atoms with E-state index in [-0.39, 0.29) is 37.9 Å². The minimum absolute atomic E-state index is 0.0693. The van der Waals surface area contributed by atoms with Gasteiger partial charge in [-0.3, -0.25) is 10.1 Å². The average Bonchev–Trinajstić information content (AvgIpc) is 2.75. The Balaban J connectivity index is 1.60. The van der Waals surface area contributed by atoms with Crippen molar-refractivity contribution < 1.29 is 29.0 Å². The summed E-state index contributed by atoms with van der Waals surface area (Å²) < 4.78 is 22.4. The van der Waals surface area contributed by atoms with Crippen molar-refractivity contribution in [1.82, 2.24) is 0 Å². The van der Waals surface area contributed by atoms with Crippen LogP contribution in [0.2, 0.25) is 0 Å². The Hall–Kier alpha value is -2.72. The minimum atomic E-state index is -0.483. The molecular formula is C20H24N2O7. The van der Waals surface area contributed by atoms with Crippen molar-refractivity contribution in [2.24, 2.45) is 0 Å². The minimum Gasteiger partial charge on any atom is -0.479 e. The van der Waals surface area contributed by atoms with Gasteiger partial charge in [-0.2, -0.15) is 0 Å². The predicted molar refractivity (Wildman–Crippen MR) is 105 cm³/mol. The molecule has 0 unspecified atom stereocenters. The molecule has 9 heteroatoms. The molecule has 2 aromatic carbocycles. The van der Waals surface area contributed by atoms with Crippen molar-refractivity contribution in [3.05, 3.63) is 64.2 Å². The van der Waals surface area contributed by atoms with E-state index in [1.807, 2.05) is 30.3 Å². The molecule has 1 fully saturated rings. The molecule has 0 aliphatic carbocycles. The van der Waals surface area contributed by atoms with Crippen LogP contribution in [-0.4, -0.2) is 55.7 Å². The second-order valence-corrected chi connectivity index (χ2v) is 6.32. The first-order valence-electron chi connectivity index (χ1n) is 9.33. The maximum atomic E-state index is 11.6. The summed E-state index contributed by atoms with van der Waals surface area (Å²) in [4.78, 5) is 11.1. The molecule has 0 amide bonds. The van der Waals surface area contributed by atoms with Gasteiger partial charge >= 0.3 is 5.69 Å². The standard InChI is InChI=1S/C20H24N2O7/c23-10-12-26-11-9-21-17-7-4-8-18(19(17)22(24)25)29-16-13-27-20(28-14-16)15-5-2-1-3-6-15/h1-8,16,20-21,23H,9-14H2. The van der Waals surface area contributed by atoms with Crippen LogP contribution in [0.1, 0.15) is 11.9 Å². The summed E-state index contributed by atoms with van der Waals surface area (Å²) in [5.74, 6) is 0.145. The van der Waals surface area contributed by atoms with E-state index in [1.54, 1.807) is 18.2 Å². The van der Waals surface area contributed by atoms with Crippen molar-refractivity contribution >= 4 is 11.4 Å². The van der Waals surface area contributed by atoms with Crippen LogP contribution in [0.3, 0.4) is 0 Å². The summed E-state index contributed by atoms with van der Waals surface area (Å²) in [5.41, 5.74) is 1.09. The zero-order valence-corrected chi connectivity index (χ0v) is 15.9. The summed E-state index contributed by atoms with van der Waals surface area (Å²) >= 11 is 0. The third-order valence-electron chi connectivity index (χ3n) is 4.21. The lowest BCUT2D eigenvalue weighted by molar-refractivity contribution is -0.385. The van der Waals surface area contributed by atoms with Crippen LogP contribution >= 0.6 is 0 Å². The van der Waals surface area contributed by atoms with Crippen molar-refractivity contribution in [1.29, 1.82) is 0 Å². The van der Waals surface area contributed by atoms with Crippen LogP contribution in [0.4, 0.5) is 11.4 Å². The van der Waals surface area contributed by atoms with Crippen LogP contribution < -0.4 is 10.1 Å². The Labute approximate surface area is 168 Å². The fourth-order valence-corrected chi connectivity index (χ4v) is 2.91. The van der Waals surface area contributed by atoms with Crippen molar-refractivity contribution in [2.45, 2.75) is 12.4 Å². The molecule has 0 atom stereocenters. The number of nitro groups is 1. The second kappa shape index (κ2) is 10.7. The number of anilines is 1. The number of para-hydroxylation sites is 1. The van der Waals surface area contributed by atoms with Gasteiger partial charge in [-0.25, -0.2) is 0 Å². The van der Waals surface area contributed by atoms with E-state index in [0.717, 1.165) is 5.56 Å². The molecule has 1 aliphatic rings. The van der Waals surface area contributed by atoms with Crippen LogP contribution in [-0.2, 0) is 14.2 Å². The van der Waals surface area contributed by atoms with Crippen molar-refractivity contribution in [3.8, 4) is 5.75 Å². The number of aliphatic hydroxyl groups is 1. The first kappa shape index (κ1) is 21.0. The molecule has 29 heavy (non-hydrogen) atoms. The molecule has 0 bridgehead atoms. The predicted octanol–water partition coefficient (Wildman–Crippen LogP) is 2.51. The van der Waals surface area contributed by atoms with Crippen LogP contribution in [0.15, 0.2) is 48.5 Å². The average molecular weight is 404 g/mol. The van der Waals surface area contributed by atoms with E-state index in [4.69, 9.17) is 24.1 Å². The Kier molecular flexibility index (Phi) is 7.77. The largest absolute Gasteiger partial charge is 0.479 e. The third kappa shape index (κ3) is 5.88. The fraction of sp³-hybridized carbons (Fsp3) is 0.400. The first-order chi connectivity index (χ1) is 14.2. The molecule has 1 saturated heterocycles. The Morgan fingerprint density at radius 1 is 1.10 bits per heavy atom. The zero-order chi connectivity index (χ0) is 20.5. The van der Waals surface area contributed by atoms with Gasteiger partial charge in [-0.15, -0.1) is 0 Å². The van der Waals surface area contributed by atoms with Gasteiger partial charge in [0.15, 0.2) is 12.0 Å². The van der Waals surface area contributed by atoms with Gasteiger partial charge in [-0.1, -0.05) is 36.4 Å². The highest BCUT2D eigenvalue weighted by atomic mass is 16.7. The van der Waals surface area contributed by atoms with Crippen molar-refractivity contribution in [2.75, 3.05) is 44.9 Å². The second-order valence-electron chi connectivity index (χ2n) is 6.32. The smallest absolute Gasteiger partial charge is 0.333 e. The van der Waals surface area contributed by atoms with E-state index < -0.39 is 17.3 Å². The molecule has 1 aliphatic heterocycles. The molecule has 0 saturated carbocycles. The Morgan fingerprint density at radius 2 is 1.86 bits per heavy atom. The molecule has 156 valence electrons. The topological polar surface area (TPSA) is 112 Å². The number of hydrogen-bond acceptors (Lipinski definition) is 8. The summed E-state index contributed by atoms with van der Waals surface area (Å²) in [5, 5.41) is 23.3. The number of hydrogen-bond donors (Lipinski definition) is 2. The number of ether oxygens (including phenoxy) is 4. The molecular weight excluding hydrogens is 380 g/mol. The van der Waals surface area contributed by atoms with Crippen LogP contribution in [0.5, 0.6) is 5.75 Å². The van der Waals surface area contributed by atoms with Gasteiger partial charge in [0.05, 0.1) is 38.0 Å². The lowest BCUT2D eigenvalue weighted by Crippen LogP contribution is -2.35. The fourth-order valence-electron chi connectivity index (χ4n) is 2.91. The maximum Gasteiger partial charge on any atom is 0.333 e. The molecule has 3 rings (SSSR count). The molecule has 0 radical (unpaired) electrons. The van der Waals surface area contributed by atoms with Crippen LogP contribution in [0.25, 0.3) is 0 Å². The van der Waals surface area contributed by atoms with E-state index in [1.165, 1.54) is 0 Å². The maximum absolute atomic E-state index is 11.6. The Bertz CT molecular complexity index is 780. The van der Waals surface area contributed by atoms with Gasteiger partial charge < -0.3 is 29.4 Å². The SMILES string of the molecule is O=[N+]([O-])c1c(NCCOCCO)cccc1OC1COC(c2ccccc2)OC1. The molecule has 2 N–H and O–H groups in total. The highest BCUT2D eigenvalue weighted by Gasteiger charge is 2.28. The zero-order valence-electron chi connectivity index (χ0n) is 15.9. The van der Waals surface area contributed by atoms with Crippen molar-refractivity contribution in [3.63, 3.8) is 0 Å². The summed E-state index contributed by atoms with van der Waals surface area (Å²) in [6, 6.07) is 14.4. The monoisotopic (exact) mass is 404 g/mol. The molecule has 1 heterocycles. The Morgan fingerprint density at radius 3 is 2.55 bits per heavy atom. The summed E-state index contributed by atoms with van der Waals surface area (Å²) in [6.45, 7) is 1.33. The van der Waals surface area contributed by atoms with E-state index in [2.05, 4.69) is 5.32 Å². The number of nitro benzene ring substituents is 1. The lowest BCUT2D eigenvalue weighted by atomic mass is 10.2. The molecule has 2 aromatic rings. The van der Waals surface area contributed by atoms with E-state index in [9.17, 15) is 10.1 Å². The van der Waals surface area contributed by atoms with Gasteiger partial charge in [0.25, 0.3) is 0 Å². The van der Waals surface area contributed by atoms with Gasteiger partial charge in [0.1, 0.15) is 11.8 Å². The summed E-state index contributed by atoms with van der Waals surface area (Å²) in [7, 11) is 0. The van der Waals surface area contributed by atoms with Gasteiger partial charge in [0, 0.05) is 12.1 Å². The molecule has 0 spiro atoms. The molecule has 9 nitrogen and oxygen atoms in total. The number of nitrogens with one attached hydrogen (secondary N) is 1. The number of benzene rings is 2. The van der Waals surface area contributed by atoms with E-state index in [0.29, 0.717) is 18.8 Å². The quantitative estimate of drug-likeness (QED) is 0.353. The lowest BCUT2D eigenvalue weighted by Gasteiger charge is -2.29. The molecule has 0 aromatic heterocycles. The van der Waals surface area contributed by atoms with E-state index >= 15 is 0 Å². The first-order valence-corrected chi connectivity index (χ1v) is 9.33. The van der Waals surface area contributed by atoms with Crippen LogP contribution in [0, 0.1) is 10.1 Å². The van der Waals surface area contributed by atoms with Gasteiger partial charge in [0.2, 0.25) is 0 Å². The normalized spacial score (nSPS) is 18.9. The van der Waals surface area contributed by atoms with Gasteiger partial charge in [-0.05, 0) is 12.1 Å². The number of rotatable bonds is 10.